The van der Waals surface area contributed by atoms with E-state index in [1.54, 1.807) is 0 Å². The molecule has 2 saturated carbocycles. The number of hydrogen-bond acceptors (Lipinski definition) is 3. The van der Waals surface area contributed by atoms with Gasteiger partial charge in [0, 0.05) is 30.7 Å². The first kappa shape index (κ1) is 15.3. The molecule has 3 heteroatoms. The molecule has 5 atom stereocenters. The molecule has 112 valence electrons. The molecule has 19 heavy (non-hydrogen) atoms. The lowest BCUT2D eigenvalue weighted by atomic mass is 9.61. The zero-order chi connectivity index (χ0) is 13.9. The van der Waals surface area contributed by atoms with Crippen molar-refractivity contribution in [2.75, 3.05) is 13.2 Å². The third-order valence-corrected chi connectivity index (χ3v) is 5.67. The monoisotopic (exact) mass is 269 g/mol. The van der Waals surface area contributed by atoms with Crippen molar-refractivity contribution >= 4 is 0 Å². The fraction of sp³-hybridized carbons (Fsp3) is 1.00. The molecule has 2 aliphatic rings. The SMILES string of the molecule is CCOC1CC(NC2CCCCC2CO)C1(C)CC. The first-order valence-corrected chi connectivity index (χ1v) is 8.14. The molecule has 0 heterocycles. The summed E-state index contributed by atoms with van der Waals surface area (Å²) in [5, 5.41) is 13.4. The third-order valence-electron chi connectivity index (χ3n) is 5.67. The summed E-state index contributed by atoms with van der Waals surface area (Å²) in [5.41, 5.74) is 0.271. The van der Waals surface area contributed by atoms with Crippen LogP contribution in [0.5, 0.6) is 0 Å². The molecule has 0 aromatic heterocycles. The summed E-state index contributed by atoms with van der Waals surface area (Å²) in [6, 6.07) is 1.07. The van der Waals surface area contributed by atoms with Crippen LogP contribution in [0.4, 0.5) is 0 Å². The first-order valence-electron chi connectivity index (χ1n) is 8.14. The highest BCUT2D eigenvalue weighted by atomic mass is 16.5. The Balaban J connectivity index is 1.92. The van der Waals surface area contributed by atoms with Crippen molar-refractivity contribution in [2.24, 2.45) is 11.3 Å². The van der Waals surface area contributed by atoms with Crippen LogP contribution in [0.3, 0.4) is 0 Å². The van der Waals surface area contributed by atoms with Gasteiger partial charge in [0.1, 0.15) is 0 Å². The average molecular weight is 269 g/mol. The molecule has 2 fully saturated rings. The van der Waals surface area contributed by atoms with Crippen molar-refractivity contribution in [1.29, 1.82) is 0 Å². The summed E-state index contributed by atoms with van der Waals surface area (Å²) in [6.45, 7) is 7.85. The topological polar surface area (TPSA) is 41.5 Å². The third kappa shape index (κ3) is 2.98. The van der Waals surface area contributed by atoms with E-state index in [9.17, 15) is 5.11 Å². The smallest absolute Gasteiger partial charge is 0.0658 e. The number of nitrogens with one attached hydrogen (secondary N) is 1. The fourth-order valence-electron chi connectivity index (χ4n) is 3.91. The largest absolute Gasteiger partial charge is 0.396 e. The van der Waals surface area contributed by atoms with Gasteiger partial charge in [0.2, 0.25) is 0 Å². The second kappa shape index (κ2) is 6.55. The summed E-state index contributed by atoms with van der Waals surface area (Å²) in [4.78, 5) is 0. The van der Waals surface area contributed by atoms with Gasteiger partial charge in [0.25, 0.3) is 0 Å². The maximum Gasteiger partial charge on any atom is 0.0658 e. The number of aliphatic hydroxyl groups excluding tert-OH is 1. The van der Waals surface area contributed by atoms with Gasteiger partial charge in [-0.25, -0.2) is 0 Å². The van der Waals surface area contributed by atoms with Gasteiger partial charge in [-0.15, -0.1) is 0 Å². The van der Waals surface area contributed by atoms with Crippen LogP contribution in [0.1, 0.15) is 59.3 Å². The maximum absolute atomic E-state index is 9.52. The van der Waals surface area contributed by atoms with E-state index < -0.39 is 0 Å². The molecular weight excluding hydrogens is 238 g/mol. The van der Waals surface area contributed by atoms with Crippen LogP contribution in [0, 0.1) is 11.3 Å². The van der Waals surface area contributed by atoms with Crippen LogP contribution < -0.4 is 5.32 Å². The average Bonchev–Trinajstić information content (AvgIpc) is 2.45. The van der Waals surface area contributed by atoms with Crippen LogP contribution in [-0.2, 0) is 4.74 Å². The quantitative estimate of drug-likeness (QED) is 0.779. The van der Waals surface area contributed by atoms with E-state index in [0.29, 0.717) is 30.7 Å². The lowest BCUT2D eigenvalue weighted by molar-refractivity contribution is -0.130. The van der Waals surface area contributed by atoms with E-state index in [-0.39, 0.29) is 5.41 Å². The predicted octanol–water partition coefficient (Wildman–Crippen LogP) is 2.72. The Morgan fingerprint density at radius 1 is 1.26 bits per heavy atom. The van der Waals surface area contributed by atoms with Gasteiger partial charge in [0.05, 0.1) is 6.10 Å². The van der Waals surface area contributed by atoms with Crippen molar-refractivity contribution in [1.82, 2.24) is 5.32 Å². The van der Waals surface area contributed by atoms with Gasteiger partial charge in [-0.1, -0.05) is 26.7 Å². The van der Waals surface area contributed by atoms with Crippen molar-refractivity contribution in [2.45, 2.75) is 77.5 Å². The molecule has 0 saturated heterocycles. The van der Waals surface area contributed by atoms with Crippen LogP contribution in [0.15, 0.2) is 0 Å². The van der Waals surface area contributed by atoms with Gasteiger partial charge in [-0.2, -0.15) is 0 Å². The van der Waals surface area contributed by atoms with Crippen LogP contribution in [-0.4, -0.2) is 36.5 Å². The normalized spacial score (nSPS) is 42.9. The number of aliphatic hydroxyl groups is 1. The highest BCUT2D eigenvalue weighted by Gasteiger charge is 2.51. The number of rotatable bonds is 6. The Kier molecular flexibility index (Phi) is 5.27. The number of ether oxygens (including phenoxy) is 1. The summed E-state index contributed by atoms with van der Waals surface area (Å²) in [7, 11) is 0. The second-order valence-electron chi connectivity index (χ2n) is 6.59. The molecule has 0 aromatic carbocycles. The summed E-state index contributed by atoms with van der Waals surface area (Å²) in [5.74, 6) is 0.459. The van der Waals surface area contributed by atoms with Gasteiger partial charge >= 0.3 is 0 Å². The highest BCUT2D eigenvalue weighted by molar-refractivity contribution is 5.06. The molecule has 0 spiro atoms. The Bertz CT molecular complexity index is 284. The Labute approximate surface area is 118 Å². The molecule has 3 nitrogen and oxygen atoms in total. The van der Waals surface area contributed by atoms with Crippen LogP contribution in [0.2, 0.25) is 0 Å². The zero-order valence-electron chi connectivity index (χ0n) is 12.8. The predicted molar refractivity (Wildman–Crippen MR) is 78.2 cm³/mol. The molecule has 2 N–H and O–H groups in total. The van der Waals surface area contributed by atoms with Crippen LogP contribution >= 0.6 is 0 Å². The van der Waals surface area contributed by atoms with Gasteiger partial charge < -0.3 is 15.2 Å². The van der Waals surface area contributed by atoms with E-state index >= 15 is 0 Å². The first-order chi connectivity index (χ1) is 9.15. The van der Waals surface area contributed by atoms with Crippen LogP contribution in [0.25, 0.3) is 0 Å². The van der Waals surface area contributed by atoms with Crippen molar-refractivity contribution < 1.29 is 9.84 Å². The second-order valence-corrected chi connectivity index (χ2v) is 6.59. The van der Waals surface area contributed by atoms with E-state index in [1.165, 1.54) is 25.7 Å². The minimum absolute atomic E-state index is 0.271. The Morgan fingerprint density at radius 3 is 2.63 bits per heavy atom. The van der Waals surface area contributed by atoms with Gasteiger partial charge in [-0.3, -0.25) is 0 Å². The zero-order valence-corrected chi connectivity index (χ0v) is 12.8. The molecule has 0 amide bonds. The Morgan fingerprint density at radius 2 is 2.00 bits per heavy atom. The highest BCUT2D eigenvalue weighted by Crippen LogP contribution is 2.46. The summed E-state index contributed by atoms with van der Waals surface area (Å²) < 4.78 is 5.87. The molecule has 0 aromatic rings. The lowest BCUT2D eigenvalue weighted by Gasteiger charge is -2.55. The van der Waals surface area contributed by atoms with Gasteiger partial charge in [-0.05, 0) is 38.5 Å². The lowest BCUT2D eigenvalue weighted by Crippen LogP contribution is -2.65. The minimum Gasteiger partial charge on any atom is -0.396 e. The molecule has 0 aliphatic heterocycles. The molecule has 0 bridgehead atoms. The molecule has 2 rings (SSSR count). The van der Waals surface area contributed by atoms with E-state index in [4.69, 9.17) is 4.74 Å². The van der Waals surface area contributed by atoms with Crippen molar-refractivity contribution in [3.63, 3.8) is 0 Å². The van der Waals surface area contributed by atoms with E-state index in [0.717, 1.165) is 19.4 Å². The Hall–Kier alpha value is -0.120. The van der Waals surface area contributed by atoms with Crippen molar-refractivity contribution in [3.8, 4) is 0 Å². The minimum atomic E-state index is 0.271. The molecule has 0 radical (unpaired) electrons. The summed E-state index contributed by atoms with van der Waals surface area (Å²) in [6.07, 6.45) is 7.69. The standard InChI is InChI=1S/C16H31NO2/c1-4-16(3)14(10-15(16)19-5-2)17-13-9-7-6-8-12(13)11-18/h12-15,17-18H,4-11H2,1-3H3. The maximum atomic E-state index is 9.52. The summed E-state index contributed by atoms with van der Waals surface area (Å²) >= 11 is 0. The van der Waals surface area contributed by atoms with Crippen molar-refractivity contribution in [3.05, 3.63) is 0 Å². The molecule has 2 aliphatic carbocycles. The van der Waals surface area contributed by atoms with E-state index in [1.807, 2.05) is 0 Å². The number of hydrogen-bond donors (Lipinski definition) is 2. The van der Waals surface area contributed by atoms with E-state index in [2.05, 4.69) is 26.1 Å². The molecule has 5 unspecified atom stereocenters. The van der Waals surface area contributed by atoms with Gasteiger partial charge in [0.15, 0.2) is 0 Å². The fourth-order valence-corrected chi connectivity index (χ4v) is 3.91. The molecular formula is C16H31NO2.